The van der Waals surface area contributed by atoms with Gasteiger partial charge in [0.1, 0.15) is 5.75 Å². The Hall–Kier alpha value is -1.84. The van der Waals surface area contributed by atoms with Crippen LogP contribution in [-0.4, -0.2) is 18.3 Å². The largest absolute Gasteiger partial charge is 0.494 e. The fourth-order valence-corrected chi connectivity index (χ4v) is 1.06. The van der Waals surface area contributed by atoms with Crippen LogP contribution in [0.2, 0.25) is 0 Å². The average Bonchev–Trinajstić information content (AvgIpc) is 2.26. The minimum atomic E-state index is -0.947. The number of hydrogen-bond acceptors (Lipinski definition) is 3. The Bertz CT molecular complexity index is 357. The van der Waals surface area contributed by atoms with Crippen molar-refractivity contribution < 1.29 is 14.3 Å². The summed E-state index contributed by atoms with van der Waals surface area (Å²) >= 11 is 0. The third kappa shape index (κ3) is 3.09. The zero-order chi connectivity index (χ0) is 11.3. The van der Waals surface area contributed by atoms with E-state index >= 15 is 0 Å². The number of rotatable bonds is 5. The lowest BCUT2D eigenvalue weighted by atomic mass is 10.1. The number of primary amides is 1. The Balaban J connectivity index is 2.72. The predicted molar refractivity (Wildman–Crippen MR) is 55.8 cm³/mol. The van der Waals surface area contributed by atoms with E-state index in [9.17, 15) is 9.59 Å². The van der Waals surface area contributed by atoms with Gasteiger partial charge in [0.15, 0.2) is 0 Å². The average molecular weight is 207 g/mol. The van der Waals surface area contributed by atoms with E-state index in [0.29, 0.717) is 12.4 Å². The van der Waals surface area contributed by atoms with Crippen LogP contribution in [0.4, 0.5) is 0 Å². The van der Waals surface area contributed by atoms with Crippen LogP contribution >= 0.6 is 0 Å². The molecule has 2 N–H and O–H groups in total. The molecule has 1 amide bonds. The molecule has 0 bridgehead atoms. The highest BCUT2D eigenvalue weighted by molar-refractivity contribution is 6.42. The first-order chi connectivity index (χ1) is 7.15. The number of ether oxygens (including phenoxy) is 1. The summed E-state index contributed by atoms with van der Waals surface area (Å²) in [5.74, 6) is -0.952. The summed E-state index contributed by atoms with van der Waals surface area (Å²) in [6.45, 7) is 2.63. The van der Waals surface area contributed by atoms with Crippen molar-refractivity contribution in [1.29, 1.82) is 0 Å². The summed E-state index contributed by atoms with van der Waals surface area (Å²) < 4.78 is 5.32. The van der Waals surface area contributed by atoms with Gasteiger partial charge in [-0.3, -0.25) is 9.59 Å². The number of carbonyl (C=O) groups excluding carboxylic acids is 2. The van der Waals surface area contributed by atoms with Crippen molar-refractivity contribution in [3.63, 3.8) is 0 Å². The smallest absolute Gasteiger partial charge is 0.289 e. The summed E-state index contributed by atoms with van der Waals surface area (Å²) in [5.41, 5.74) is 5.15. The SMILES string of the molecule is CCCOc1ccc(C(=O)C(N)=O)cc1. The summed E-state index contributed by atoms with van der Waals surface area (Å²) in [6.07, 6.45) is 0.919. The highest BCUT2D eigenvalue weighted by Gasteiger charge is 2.11. The van der Waals surface area contributed by atoms with Gasteiger partial charge in [-0.15, -0.1) is 0 Å². The molecule has 0 aliphatic heterocycles. The number of nitrogens with two attached hydrogens (primary N) is 1. The normalized spacial score (nSPS) is 9.67. The zero-order valence-electron chi connectivity index (χ0n) is 8.53. The summed E-state index contributed by atoms with van der Waals surface area (Å²) in [7, 11) is 0. The highest BCUT2D eigenvalue weighted by atomic mass is 16.5. The molecular weight excluding hydrogens is 194 g/mol. The Morgan fingerprint density at radius 1 is 1.27 bits per heavy atom. The van der Waals surface area contributed by atoms with Gasteiger partial charge < -0.3 is 10.5 Å². The van der Waals surface area contributed by atoms with Gasteiger partial charge in [0, 0.05) is 5.56 Å². The Morgan fingerprint density at radius 2 is 1.87 bits per heavy atom. The molecule has 15 heavy (non-hydrogen) atoms. The van der Waals surface area contributed by atoms with Crippen LogP contribution in [0.3, 0.4) is 0 Å². The van der Waals surface area contributed by atoms with Crippen LogP contribution in [0.25, 0.3) is 0 Å². The van der Waals surface area contributed by atoms with Gasteiger partial charge in [0.05, 0.1) is 6.61 Å². The van der Waals surface area contributed by atoms with Crippen molar-refractivity contribution in [1.82, 2.24) is 0 Å². The maximum absolute atomic E-state index is 11.2. The molecule has 0 saturated carbocycles. The fourth-order valence-electron chi connectivity index (χ4n) is 1.06. The molecule has 0 fully saturated rings. The molecule has 0 radical (unpaired) electrons. The number of Topliss-reactive ketones (excluding diaryl/α,β-unsaturated/α-hetero) is 1. The standard InChI is InChI=1S/C11H13NO3/c1-2-7-15-9-5-3-8(4-6-9)10(13)11(12)14/h3-6H,2,7H2,1H3,(H2,12,14). The molecule has 4 nitrogen and oxygen atoms in total. The van der Waals surface area contributed by atoms with Crippen LogP contribution in [0, 0.1) is 0 Å². The predicted octanol–water partition coefficient (Wildman–Crippen LogP) is 1.14. The van der Waals surface area contributed by atoms with Crippen LogP contribution in [0.1, 0.15) is 23.7 Å². The molecule has 0 aromatic heterocycles. The zero-order valence-corrected chi connectivity index (χ0v) is 8.53. The lowest BCUT2D eigenvalue weighted by Crippen LogP contribution is -2.22. The maximum Gasteiger partial charge on any atom is 0.289 e. The lowest BCUT2D eigenvalue weighted by Gasteiger charge is -2.04. The first-order valence-corrected chi connectivity index (χ1v) is 4.72. The Kier molecular flexibility index (Phi) is 3.85. The fraction of sp³-hybridized carbons (Fsp3) is 0.273. The quantitative estimate of drug-likeness (QED) is 0.581. The maximum atomic E-state index is 11.2. The van der Waals surface area contributed by atoms with Crippen molar-refractivity contribution in [3.05, 3.63) is 29.8 Å². The lowest BCUT2D eigenvalue weighted by molar-refractivity contribution is -0.114. The molecule has 1 aromatic carbocycles. The second kappa shape index (κ2) is 5.14. The second-order valence-corrected chi connectivity index (χ2v) is 3.07. The Labute approximate surface area is 88.0 Å². The molecule has 0 aliphatic rings. The number of benzene rings is 1. The van der Waals surface area contributed by atoms with E-state index in [1.54, 1.807) is 12.1 Å². The summed E-state index contributed by atoms with van der Waals surface area (Å²) in [4.78, 5) is 21.8. The third-order valence-electron chi connectivity index (χ3n) is 1.81. The van der Waals surface area contributed by atoms with Gasteiger partial charge in [-0.1, -0.05) is 6.92 Å². The van der Waals surface area contributed by atoms with E-state index in [-0.39, 0.29) is 5.56 Å². The number of carbonyl (C=O) groups is 2. The van der Waals surface area contributed by atoms with Gasteiger partial charge in [-0.2, -0.15) is 0 Å². The van der Waals surface area contributed by atoms with Crippen molar-refractivity contribution in [2.75, 3.05) is 6.61 Å². The minimum Gasteiger partial charge on any atom is -0.494 e. The van der Waals surface area contributed by atoms with Crippen molar-refractivity contribution in [2.45, 2.75) is 13.3 Å². The van der Waals surface area contributed by atoms with Crippen LogP contribution in [-0.2, 0) is 4.79 Å². The van der Waals surface area contributed by atoms with E-state index in [2.05, 4.69) is 0 Å². The van der Waals surface area contributed by atoms with Crippen LogP contribution in [0.15, 0.2) is 24.3 Å². The van der Waals surface area contributed by atoms with Gasteiger partial charge in [-0.05, 0) is 30.7 Å². The minimum absolute atomic E-state index is 0.284. The van der Waals surface area contributed by atoms with E-state index in [1.807, 2.05) is 6.92 Å². The Morgan fingerprint density at radius 3 is 2.33 bits per heavy atom. The molecule has 1 rings (SSSR count). The number of hydrogen-bond donors (Lipinski definition) is 1. The molecule has 4 heteroatoms. The monoisotopic (exact) mass is 207 g/mol. The summed E-state index contributed by atoms with van der Waals surface area (Å²) in [6, 6.07) is 6.34. The van der Waals surface area contributed by atoms with E-state index in [1.165, 1.54) is 12.1 Å². The third-order valence-corrected chi connectivity index (χ3v) is 1.81. The second-order valence-electron chi connectivity index (χ2n) is 3.07. The van der Waals surface area contributed by atoms with Crippen molar-refractivity contribution in [3.8, 4) is 5.75 Å². The van der Waals surface area contributed by atoms with Gasteiger partial charge in [0.2, 0.25) is 5.78 Å². The van der Waals surface area contributed by atoms with E-state index < -0.39 is 11.7 Å². The first kappa shape index (κ1) is 11.2. The molecule has 0 spiro atoms. The molecule has 1 aromatic rings. The first-order valence-electron chi connectivity index (χ1n) is 4.72. The molecule has 0 atom stereocenters. The van der Waals surface area contributed by atoms with Crippen LogP contribution < -0.4 is 10.5 Å². The molecule has 80 valence electrons. The van der Waals surface area contributed by atoms with Gasteiger partial charge in [-0.25, -0.2) is 0 Å². The van der Waals surface area contributed by atoms with Crippen molar-refractivity contribution >= 4 is 11.7 Å². The van der Waals surface area contributed by atoms with Gasteiger partial charge in [0.25, 0.3) is 5.91 Å². The molecule has 0 heterocycles. The van der Waals surface area contributed by atoms with Crippen LogP contribution in [0.5, 0.6) is 5.75 Å². The van der Waals surface area contributed by atoms with Gasteiger partial charge >= 0.3 is 0 Å². The van der Waals surface area contributed by atoms with E-state index in [0.717, 1.165) is 6.42 Å². The molecule has 0 unspecified atom stereocenters. The number of amides is 1. The molecular formula is C11H13NO3. The summed E-state index contributed by atoms with van der Waals surface area (Å²) in [5, 5.41) is 0. The number of ketones is 1. The highest BCUT2D eigenvalue weighted by Crippen LogP contribution is 2.12. The molecule has 0 saturated heterocycles. The topological polar surface area (TPSA) is 69.4 Å². The van der Waals surface area contributed by atoms with E-state index in [4.69, 9.17) is 10.5 Å². The molecule has 0 aliphatic carbocycles. The van der Waals surface area contributed by atoms with Crippen molar-refractivity contribution in [2.24, 2.45) is 5.73 Å².